The van der Waals surface area contributed by atoms with Crippen molar-refractivity contribution in [1.29, 1.82) is 0 Å². The number of halogens is 3. The second-order valence-corrected chi connectivity index (χ2v) is 5.07. The fourth-order valence-corrected chi connectivity index (χ4v) is 2.57. The molecular weight excluding hydrogens is 317 g/mol. The molecule has 2 aromatic rings. The summed E-state index contributed by atoms with van der Waals surface area (Å²) in [6, 6.07) is 12.4. The Balaban J connectivity index is 2.31. The Labute approximate surface area is 119 Å². The van der Waals surface area contributed by atoms with Crippen LogP contribution in [-0.4, -0.2) is 7.05 Å². The summed E-state index contributed by atoms with van der Waals surface area (Å²) in [4.78, 5) is 1.99. The summed E-state index contributed by atoms with van der Waals surface area (Å²) in [5, 5.41) is 0. The van der Waals surface area contributed by atoms with Gasteiger partial charge in [0.25, 0.3) is 0 Å². The summed E-state index contributed by atoms with van der Waals surface area (Å²) in [6.45, 7) is 0. The Kier molecular flexibility index (Phi) is 4.25. The molecular formula is C14H12BrClFN. The third-order valence-electron chi connectivity index (χ3n) is 2.78. The molecule has 0 aliphatic rings. The zero-order valence-corrected chi connectivity index (χ0v) is 12.2. The average Bonchev–Trinajstić information content (AvgIpc) is 2.38. The Hall–Kier alpha value is -1.06. The SMILES string of the molecule is CN(c1ccc(F)cc1)c1ccc(CCl)c(Br)c1. The third kappa shape index (κ3) is 2.85. The van der Waals surface area contributed by atoms with Crippen LogP contribution >= 0.6 is 27.5 Å². The monoisotopic (exact) mass is 327 g/mol. The molecule has 2 aromatic carbocycles. The van der Waals surface area contributed by atoms with Crippen molar-refractivity contribution in [3.8, 4) is 0 Å². The predicted molar refractivity (Wildman–Crippen MR) is 78.2 cm³/mol. The molecule has 2 rings (SSSR count). The van der Waals surface area contributed by atoms with E-state index in [-0.39, 0.29) is 5.82 Å². The van der Waals surface area contributed by atoms with Crippen molar-refractivity contribution in [2.45, 2.75) is 5.88 Å². The van der Waals surface area contributed by atoms with Gasteiger partial charge in [0, 0.05) is 28.8 Å². The first kappa shape index (κ1) is 13.4. The summed E-state index contributed by atoms with van der Waals surface area (Å²) in [7, 11) is 1.94. The van der Waals surface area contributed by atoms with Gasteiger partial charge < -0.3 is 4.90 Å². The van der Waals surface area contributed by atoms with Gasteiger partial charge in [0.15, 0.2) is 0 Å². The van der Waals surface area contributed by atoms with Gasteiger partial charge in [0.05, 0.1) is 0 Å². The highest BCUT2D eigenvalue weighted by molar-refractivity contribution is 9.10. The number of rotatable bonds is 3. The number of anilines is 2. The molecule has 0 atom stereocenters. The van der Waals surface area contributed by atoms with E-state index in [1.807, 2.05) is 30.1 Å². The number of nitrogens with zero attached hydrogens (tertiary/aromatic N) is 1. The number of benzene rings is 2. The Morgan fingerprint density at radius 1 is 1.11 bits per heavy atom. The fourth-order valence-electron chi connectivity index (χ4n) is 1.67. The van der Waals surface area contributed by atoms with E-state index < -0.39 is 0 Å². The third-order valence-corrected chi connectivity index (χ3v) is 3.81. The van der Waals surface area contributed by atoms with E-state index >= 15 is 0 Å². The molecule has 0 aromatic heterocycles. The minimum absolute atomic E-state index is 0.231. The van der Waals surface area contributed by atoms with Gasteiger partial charge in [-0.05, 0) is 42.0 Å². The lowest BCUT2D eigenvalue weighted by Gasteiger charge is -2.20. The smallest absolute Gasteiger partial charge is 0.123 e. The second-order valence-electron chi connectivity index (χ2n) is 3.94. The lowest BCUT2D eigenvalue weighted by Crippen LogP contribution is -2.09. The van der Waals surface area contributed by atoms with Crippen molar-refractivity contribution in [2.75, 3.05) is 11.9 Å². The van der Waals surface area contributed by atoms with E-state index in [2.05, 4.69) is 15.9 Å². The molecule has 0 amide bonds. The van der Waals surface area contributed by atoms with Crippen molar-refractivity contribution in [3.05, 3.63) is 58.3 Å². The first-order valence-electron chi connectivity index (χ1n) is 5.45. The molecule has 4 heteroatoms. The maximum Gasteiger partial charge on any atom is 0.123 e. The zero-order valence-electron chi connectivity index (χ0n) is 9.83. The molecule has 0 aliphatic carbocycles. The normalized spacial score (nSPS) is 10.4. The van der Waals surface area contributed by atoms with Crippen LogP contribution in [-0.2, 0) is 5.88 Å². The topological polar surface area (TPSA) is 3.24 Å². The summed E-state index contributed by atoms with van der Waals surface area (Å²) < 4.78 is 13.9. The largest absolute Gasteiger partial charge is 0.345 e. The Morgan fingerprint density at radius 3 is 2.28 bits per heavy atom. The molecule has 0 aliphatic heterocycles. The molecule has 0 fully saturated rings. The molecule has 0 saturated carbocycles. The molecule has 0 bridgehead atoms. The minimum atomic E-state index is -0.231. The molecule has 0 saturated heterocycles. The second kappa shape index (κ2) is 5.72. The highest BCUT2D eigenvalue weighted by Gasteiger charge is 2.06. The van der Waals surface area contributed by atoms with Crippen molar-refractivity contribution in [3.63, 3.8) is 0 Å². The van der Waals surface area contributed by atoms with Crippen LogP contribution in [0.2, 0.25) is 0 Å². The van der Waals surface area contributed by atoms with Gasteiger partial charge in [-0.2, -0.15) is 0 Å². The number of hydrogen-bond acceptors (Lipinski definition) is 1. The zero-order chi connectivity index (χ0) is 13.1. The van der Waals surface area contributed by atoms with Gasteiger partial charge in [-0.15, -0.1) is 11.6 Å². The highest BCUT2D eigenvalue weighted by atomic mass is 79.9. The van der Waals surface area contributed by atoms with Crippen LogP contribution < -0.4 is 4.90 Å². The fraction of sp³-hybridized carbons (Fsp3) is 0.143. The lowest BCUT2D eigenvalue weighted by molar-refractivity contribution is 0.628. The van der Waals surface area contributed by atoms with Crippen molar-refractivity contribution < 1.29 is 4.39 Å². The number of hydrogen-bond donors (Lipinski definition) is 0. The molecule has 0 N–H and O–H groups in total. The van der Waals surface area contributed by atoms with E-state index in [1.54, 1.807) is 12.1 Å². The van der Waals surface area contributed by atoms with Gasteiger partial charge in [0.1, 0.15) is 5.82 Å². The first-order chi connectivity index (χ1) is 8.61. The summed E-state index contributed by atoms with van der Waals surface area (Å²) in [5.74, 6) is 0.243. The quantitative estimate of drug-likeness (QED) is 0.709. The lowest BCUT2D eigenvalue weighted by atomic mass is 10.2. The summed E-state index contributed by atoms with van der Waals surface area (Å²) >= 11 is 9.30. The molecule has 0 radical (unpaired) electrons. The minimum Gasteiger partial charge on any atom is -0.345 e. The van der Waals surface area contributed by atoms with Crippen LogP contribution in [0.15, 0.2) is 46.9 Å². The van der Waals surface area contributed by atoms with Crippen molar-refractivity contribution in [1.82, 2.24) is 0 Å². The van der Waals surface area contributed by atoms with Crippen molar-refractivity contribution in [2.24, 2.45) is 0 Å². The Morgan fingerprint density at radius 2 is 1.72 bits per heavy atom. The van der Waals surface area contributed by atoms with Gasteiger partial charge in [0.2, 0.25) is 0 Å². The maximum absolute atomic E-state index is 12.9. The van der Waals surface area contributed by atoms with E-state index in [1.165, 1.54) is 12.1 Å². The van der Waals surface area contributed by atoms with Crippen LogP contribution in [0.5, 0.6) is 0 Å². The average molecular weight is 329 g/mol. The van der Waals surface area contributed by atoms with E-state index in [9.17, 15) is 4.39 Å². The van der Waals surface area contributed by atoms with Crippen LogP contribution in [0.1, 0.15) is 5.56 Å². The van der Waals surface area contributed by atoms with Crippen molar-refractivity contribution >= 4 is 38.9 Å². The first-order valence-corrected chi connectivity index (χ1v) is 6.78. The maximum atomic E-state index is 12.9. The molecule has 94 valence electrons. The van der Waals surface area contributed by atoms with Crippen LogP contribution in [0.25, 0.3) is 0 Å². The molecule has 0 spiro atoms. The van der Waals surface area contributed by atoms with E-state index in [0.29, 0.717) is 5.88 Å². The van der Waals surface area contributed by atoms with Gasteiger partial charge in [-0.3, -0.25) is 0 Å². The predicted octanol–water partition coefficient (Wildman–Crippen LogP) is 5.09. The molecule has 1 nitrogen and oxygen atoms in total. The molecule has 0 unspecified atom stereocenters. The standard InChI is InChI=1S/C14H12BrClFN/c1-18(12-6-3-11(17)4-7-12)13-5-2-10(9-16)14(15)8-13/h2-8H,9H2,1H3. The van der Waals surface area contributed by atoms with Gasteiger partial charge >= 0.3 is 0 Å². The Bertz CT molecular complexity index is 542. The molecule has 18 heavy (non-hydrogen) atoms. The summed E-state index contributed by atoms with van der Waals surface area (Å²) in [5.41, 5.74) is 3.00. The van der Waals surface area contributed by atoms with Crippen LogP contribution in [0.4, 0.5) is 15.8 Å². The van der Waals surface area contributed by atoms with Gasteiger partial charge in [-0.25, -0.2) is 4.39 Å². The van der Waals surface area contributed by atoms with Crippen LogP contribution in [0.3, 0.4) is 0 Å². The van der Waals surface area contributed by atoms with E-state index in [4.69, 9.17) is 11.6 Å². The molecule has 0 heterocycles. The van der Waals surface area contributed by atoms with Crippen LogP contribution in [0, 0.1) is 5.82 Å². The van der Waals surface area contributed by atoms with Gasteiger partial charge in [-0.1, -0.05) is 22.0 Å². The number of alkyl halides is 1. The summed E-state index contributed by atoms with van der Waals surface area (Å²) in [6.07, 6.45) is 0. The highest BCUT2D eigenvalue weighted by Crippen LogP contribution is 2.29. The van der Waals surface area contributed by atoms with E-state index in [0.717, 1.165) is 21.4 Å².